The van der Waals surface area contributed by atoms with Crippen LogP contribution in [0.25, 0.3) is 0 Å². The zero-order valence-corrected chi connectivity index (χ0v) is 11.9. The average molecular weight is 192 g/mol. The molecule has 0 aliphatic rings. The normalized spacial score (nSPS) is 12.9. The third-order valence-corrected chi connectivity index (χ3v) is 13.2. The molecule has 0 spiro atoms. The summed E-state index contributed by atoms with van der Waals surface area (Å²) in [4.78, 5) is 0. The van der Waals surface area contributed by atoms with Gasteiger partial charge in [0.15, 0.2) is 0 Å². The van der Waals surface area contributed by atoms with E-state index in [0.29, 0.717) is 17.6 Å². The van der Waals surface area contributed by atoms with E-state index in [1.54, 1.807) is 15.8 Å². The first kappa shape index (κ1) is 10.6. The summed E-state index contributed by atoms with van der Waals surface area (Å²) in [6.45, 7) is 2.99. The lowest BCUT2D eigenvalue weighted by atomic mass is 10.5. The van der Waals surface area contributed by atoms with Crippen molar-refractivity contribution in [1.82, 2.24) is 5.32 Å². The van der Waals surface area contributed by atoms with Crippen LogP contribution in [0.5, 0.6) is 0 Å². The van der Waals surface area contributed by atoms with E-state index >= 15 is 0 Å². The monoisotopic (exact) mass is 192 g/mol. The van der Waals surface area contributed by atoms with Gasteiger partial charge in [0, 0.05) is 22.1 Å². The van der Waals surface area contributed by atoms with Crippen LogP contribution in [-0.2, 0) is 0 Å². The van der Waals surface area contributed by atoms with Crippen molar-refractivity contribution in [2.75, 3.05) is 19.6 Å². The molecule has 10 heavy (non-hydrogen) atoms. The lowest BCUT2D eigenvalue weighted by Crippen LogP contribution is -2.23. The fourth-order valence-corrected chi connectivity index (χ4v) is 9.07. The summed E-state index contributed by atoms with van der Waals surface area (Å²) in [5.74, 6) is 0. The first-order valence-electron chi connectivity index (χ1n) is 4.32. The SMILES string of the molecule is NCCNCCC[SiH2][SiH2][SiH3]. The Labute approximate surface area is 71.0 Å². The highest BCUT2D eigenvalue weighted by molar-refractivity contribution is 7.23. The molecule has 0 rings (SSSR count). The molecular weight excluding hydrogens is 172 g/mol. The van der Waals surface area contributed by atoms with E-state index in [0.717, 1.165) is 13.1 Å². The molecule has 0 saturated carbocycles. The minimum Gasteiger partial charge on any atom is -0.329 e. The lowest BCUT2D eigenvalue weighted by Gasteiger charge is -2.00. The summed E-state index contributed by atoms with van der Waals surface area (Å²) in [6.07, 6.45) is 1.42. The van der Waals surface area contributed by atoms with Crippen molar-refractivity contribution in [3.8, 4) is 0 Å². The van der Waals surface area contributed by atoms with Gasteiger partial charge in [0.25, 0.3) is 0 Å². The van der Waals surface area contributed by atoms with E-state index in [-0.39, 0.29) is 0 Å². The number of nitrogens with two attached hydrogens (primary N) is 1. The Morgan fingerprint density at radius 1 is 1.40 bits per heavy atom. The van der Waals surface area contributed by atoms with Crippen LogP contribution in [0, 0.1) is 0 Å². The van der Waals surface area contributed by atoms with Gasteiger partial charge in [-0.15, -0.1) is 0 Å². The molecule has 5 heteroatoms. The Kier molecular flexibility index (Phi) is 10.1. The fraction of sp³-hybridized carbons (Fsp3) is 1.00. The Morgan fingerprint density at radius 2 is 2.20 bits per heavy atom. The van der Waals surface area contributed by atoms with Crippen LogP contribution < -0.4 is 11.1 Å². The first-order valence-corrected chi connectivity index (χ1v) is 15.0. The molecule has 0 saturated heterocycles. The van der Waals surface area contributed by atoms with Crippen molar-refractivity contribution in [3.05, 3.63) is 0 Å². The van der Waals surface area contributed by atoms with Gasteiger partial charge in [-0.3, -0.25) is 0 Å². The molecule has 0 aromatic carbocycles. The van der Waals surface area contributed by atoms with Gasteiger partial charge in [-0.05, 0) is 31.3 Å². The summed E-state index contributed by atoms with van der Waals surface area (Å²) < 4.78 is 0. The first-order chi connectivity index (χ1) is 4.91. The molecule has 0 unspecified atom stereocenters. The molecule has 2 nitrogen and oxygen atoms in total. The van der Waals surface area contributed by atoms with Gasteiger partial charge in [-0.1, -0.05) is 6.04 Å². The van der Waals surface area contributed by atoms with Crippen LogP contribution in [0.3, 0.4) is 0 Å². The average Bonchev–Trinajstić information content (AvgIpc) is 1.97. The molecule has 0 aromatic rings. The van der Waals surface area contributed by atoms with E-state index in [2.05, 4.69) is 5.32 Å². The van der Waals surface area contributed by atoms with E-state index < -0.39 is 0 Å². The zero-order chi connectivity index (χ0) is 7.66. The third-order valence-electron chi connectivity index (χ3n) is 1.53. The summed E-state index contributed by atoms with van der Waals surface area (Å²) in [6, 6.07) is 1.59. The highest BCUT2D eigenvalue weighted by Crippen LogP contribution is 1.83. The van der Waals surface area contributed by atoms with Gasteiger partial charge in [0.2, 0.25) is 0 Å². The van der Waals surface area contributed by atoms with Crippen LogP contribution in [0.2, 0.25) is 6.04 Å². The van der Waals surface area contributed by atoms with E-state index in [9.17, 15) is 0 Å². The minimum absolute atomic E-state index is 0.517. The summed E-state index contributed by atoms with van der Waals surface area (Å²) in [5.41, 5.74) is 5.33. The van der Waals surface area contributed by atoms with Crippen molar-refractivity contribution in [2.45, 2.75) is 12.5 Å². The second kappa shape index (κ2) is 9.57. The number of hydrogen-bond donors (Lipinski definition) is 2. The van der Waals surface area contributed by atoms with Crippen molar-refractivity contribution < 1.29 is 0 Å². The standard InChI is InChI=1S/C5H20N2Si3/c6-2-4-7-3-1-5-9-10-8/h7H,1-6,9-10H2,8H3. The van der Waals surface area contributed by atoms with Gasteiger partial charge in [-0.2, -0.15) is 0 Å². The van der Waals surface area contributed by atoms with Crippen LogP contribution in [0.15, 0.2) is 0 Å². The Bertz CT molecular complexity index is 54.9. The Morgan fingerprint density at radius 3 is 2.80 bits per heavy atom. The predicted octanol–water partition coefficient (Wildman–Crippen LogP) is -3.12. The summed E-state index contributed by atoms with van der Waals surface area (Å²) in [7, 11) is 2.69. The van der Waals surface area contributed by atoms with Gasteiger partial charge in [0.1, 0.15) is 0 Å². The van der Waals surface area contributed by atoms with E-state index in [1.807, 2.05) is 0 Å². The van der Waals surface area contributed by atoms with Crippen molar-refractivity contribution >= 4 is 27.4 Å². The predicted molar refractivity (Wildman–Crippen MR) is 58.4 cm³/mol. The van der Waals surface area contributed by atoms with Gasteiger partial charge < -0.3 is 11.1 Å². The lowest BCUT2D eigenvalue weighted by molar-refractivity contribution is 0.677. The number of rotatable bonds is 7. The van der Waals surface area contributed by atoms with Crippen molar-refractivity contribution in [1.29, 1.82) is 0 Å². The number of hydrogen-bond acceptors (Lipinski definition) is 2. The molecule has 0 aliphatic carbocycles. The molecule has 0 heterocycles. The quantitative estimate of drug-likeness (QED) is 0.331. The van der Waals surface area contributed by atoms with Crippen LogP contribution in [0.1, 0.15) is 6.42 Å². The molecule has 0 atom stereocenters. The van der Waals surface area contributed by atoms with Crippen LogP contribution in [0.4, 0.5) is 0 Å². The second-order valence-electron chi connectivity index (χ2n) is 2.60. The largest absolute Gasteiger partial charge is 0.329 e. The highest BCUT2D eigenvalue weighted by Gasteiger charge is 1.86. The molecule has 0 fully saturated rings. The molecule has 62 valence electrons. The Balaban J connectivity index is 2.65. The molecule has 0 radical (unpaired) electrons. The topological polar surface area (TPSA) is 38.0 Å². The minimum atomic E-state index is 0.517. The maximum absolute atomic E-state index is 5.33. The van der Waals surface area contributed by atoms with Gasteiger partial charge >= 0.3 is 0 Å². The fourth-order valence-electron chi connectivity index (χ4n) is 0.904. The van der Waals surface area contributed by atoms with Gasteiger partial charge in [-0.25, -0.2) is 0 Å². The molecule has 0 amide bonds. The third kappa shape index (κ3) is 8.57. The highest BCUT2D eigenvalue weighted by atomic mass is 29.5. The zero-order valence-electron chi connectivity index (χ0n) is 7.03. The van der Waals surface area contributed by atoms with Crippen LogP contribution in [-0.4, -0.2) is 47.0 Å². The van der Waals surface area contributed by atoms with E-state index in [1.165, 1.54) is 13.0 Å². The molecule has 0 bridgehead atoms. The van der Waals surface area contributed by atoms with Crippen LogP contribution >= 0.6 is 0 Å². The van der Waals surface area contributed by atoms with Crippen molar-refractivity contribution in [2.24, 2.45) is 5.73 Å². The van der Waals surface area contributed by atoms with Gasteiger partial charge in [0.05, 0.1) is 0 Å². The molecular formula is C5H20N2Si3. The Hall–Kier alpha value is 0.571. The maximum atomic E-state index is 5.33. The second-order valence-corrected chi connectivity index (χ2v) is 19.1. The molecule has 3 N–H and O–H groups in total. The van der Waals surface area contributed by atoms with E-state index in [4.69, 9.17) is 5.73 Å². The molecule has 0 aliphatic heterocycles. The maximum Gasteiger partial charge on any atom is 0.00744 e. The van der Waals surface area contributed by atoms with Crippen molar-refractivity contribution in [3.63, 3.8) is 0 Å². The molecule has 0 aromatic heterocycles. The number of nitrogens with one attached hydrogen (secondary N) is 1. The summed E-state index contributed by atoms with van der Waals surface area (Å²) in [5, 5.41) is 3.32. The smallest absolute Gasteiger partial charge is 0.00744 e. The summed E-state index contributed by atoms with van der Waals surface area (Å²) >= 11 is 0.